The number of rotatable bonds is 5. The van der Waals surface area contributed by atoms with Crippen molar-refractivity contribution in [2.45, 2.75) is 45.5 Å². The molecule has 2 aromatic carbocycles. The van der Waals surface area contributed by atoms with Crippen molar-refractivity contribution in [2.75, 3.05) is 0 Å². The number of ether oxygens (including phenoxy) is 2. The molecule has 0 spiro atoms. The highest BCUT2D eigenvalue weighted by molar-refractivity contribution is 6.62. The lowest BCUT2D eigenvalue weighted by Crippen LogP contribution is -2.41. The minimum atomic E-state index is -3.12. The Morgan fingerprint density at radius 2 is 1.44 bits per heavy atom. The Labute approximate surface area is 156 Å². The summed E-state index contributed by atoms with van der Waals surface area (Å²) in [6.45, 7) is 4.72. The summed E-state index contributed by atoms with van der Waals surface area (Å²) in [5.74, 6) is -1.44. The zero-order valence-corrected chi connectivity index (χ0v) is 15.5. The molecule has 0 atom stereocenters. The summed E-state index contributed by atoms with van der Waals surface area (Å²) in [6.07, 6.45) is 0. The highest BCUT2D eigenvalue weighted by atomic mass is 19.3. The number of benzene rings is 2. The summed E-state index contributed by atoms with van der Waals surface area (Å²) in [4.78, 5) is 0. The third kappa shape index (κ3) is 4.06. The van der Waals surface area contributed by atoms with Crippen LogP contribution < -0.4 is 14.9 Å². The highest BCUT2D eigenvalue weighted by Crippen LogP contribution is 2.36. The Morgan fingerprint density at radius 1 is 0.889 bits per heavy atom. The molecule has 3 rings (SSSR count). The Hall–Kier alpha value is -2.19. The van der Waals surface area contributed by atoms with Crippen LogP contribution in [-0.2, 0) is 9.31 Å². The molecule has 1 saturated heterocycles. The maximum absolute atomic E-state index is 14.2. The Morgan fingerprint density at radius 3 is 2.00 bits per heavy atom. The van der Waals surface area contributed by atoms with E-state index in [-0.39, 0.29) is 5.75 Å². The molecule has 1 aliphatic rings. The van der Waals surface area contributed by atoms with Gasteiger partial charge in [0.2, 0.25) is 5.82 Å². The fourth-order valence-corrected chi connectivity index (χ4v) is 2.56. The molecule has 144 valence electrons. The average molecular weight is 380 g/mol. The van der Waals surface area contributed by atoms with Crippen LogP contribution in [0.1, 0.15) is 27.7 Å². The minimum absolute atomic E-state index is 0.212. The molecule has 4 nitrogen and oxygen atoms in total. The topological polar surface area (TPSA) is 36.9 Å². The molecule has 27 heavy (non-hydrogen) atoms. The third-order valence-corrected chi connectivity index (χ3v) is 4.78. The zero-order valence-electron chi connectivity index (χ0n) is 15.5. The summed E-state index contributed by atoms with van der Waals surface area (Å²) in [6, 6.07) is 10.5. The third-order valence-electron chi connectivity index (χ3n) is 4.78. The van der Waals surface area contributed by atoms with E-state index < -0.39 is 36.5 Å². The number of hydrogen-bond acceptors (Lipinski definition) is 4. The quantitative estimate of drug-likeness (QED) is 0.715. The van der Waals surface area contributed by atoms with Gasteiger partial charge in [0.25, 0.3) is 0 Å². The van der Waals surface area contributed by atoms with Gasteiger partial charge in [-0.25, -0.2) is 0 Å². The first-order valence-electron chi connectivity index (χ1n) is 8.46. The minimum Gasteiger partial charge on any atom is -0.454 e. The molecule has 0 radical (unpaired) electrons. The molecule has 0 N–H and O–H groups in total. The summed E-state index contributed by atoms with van der Waals surface area (Å²) < 4.78 is 60.3. The monoisotopic (exact) mass is 380 g/mol. The Balaban J connectivity index is 1.74. The van der Waals surface area contributed by atoms with Gasteiger partial charge >= 0.3 is 13.7 Å². The Kier molecular flexibility index (Phi) is 5.14. The lowest BCUT2D eigenvalue weighted by Gasteiger charge is -2.32. The molecule has 0 unspecified atom stereocenters. The second-order valence-electron chi connectivity index (χ2n) is 7.21. The van der Waals surface area contributed by atoms with Gasteiger partial charge in [-0.05, 0) is 57.4 Å². The van der Waals surface area contributed by atoms with Crippen molar-refractivity contribution in [3.8, 4) is 17.2 Å². The Bertz CT molecular complexity index is 793. The van der Waals surface area contributed by atoms with E-state index in [1.54, 1.807) is 24.3 Å². The van der Waals surface area contributed by atoms with Crippen LogP contribution in [-0.4, -0.2) is 24.9 Å². The van der Waals surface area contributed by atoms with Crippen molar-refractivity contribution >= 4 is 12.6 Å². The molecule has 0 bridgehead atoms. The van der Waals surface area contributed by atoms with Crippen LogP contribution in [0.5, 0.6) is 17.2 Å². The van der Waals surface area contributed by atoms with Crippen LogP contribution >= 0.6 is 0 Å². The highest BCUT2D eigenvalue weighted by Gasteiger charge is 2.51. The van der Waals surface area contributed by atoms with Gasteiger partial charge in [-0.15, -0.1) is 0 Å². The van der Waals surface area contributed by atoms with Gasteiger partial charge in [-0.3, -0.25) is 0 Å². The molecule has 0 saturated carbocycles. The van der Waals surface area contributed by atoms with Gasteiger partial charge in [-0.2, -0.15) is 13.2 Å². The zero-order chi connectivity index (χ0) is 19.8. The molecule has 0 amide bonds. The molecule has 2 aromatic rings. The van der Waals surface area contributed by atoms with Gasteiger partial charge in [0.05, 0.1) is 11.2 Å². The van der Waals surface area contributed by atoms with Crippen molar-refractivity contribution < 1.29 is 32.0 Å². The number of alkyl halides is 2. The van der Waals surface area contributed by atoms with Crippen LogP contribution in [0.3, 0.4) is 0 Å². The summed E-state index contributed by atoms with van der Waals surface area (Å²) in [5, 5.41) is 0. The van der Waals surface area contributed by atoms with Crippen molar-refractivity contribution in [3.63, 3.8) is 0 Å². The van der Waals surface area contributed by atoms with Crippen LogP contribution in [0.15, 0.2) is 42.5 Å². The molecule has 8 heteroatoms. The van der Waals surface area contributed by atoms with Gasteiger partial charge in [0.1, 0.15) is 5.75 Å². The lowest BCUT2D eigenvalue weighted by atomic mass is 9.79. The second-order valence-corrected chi connectivity index (χ2v) is 7.21. The molecule has 0 aromatic heterocycles. The fourth-order valence-electron chi connectivity index (χ4n) is 2.56. The summed E-state index contributed by atoms with van der Waals surface area (Å²) in [5.41, 5.74) is -0.126. The van der Waals surface area contributed by atoms with E-state index >= 15 is 0 Å². The summed E-state index contributed by atoms with van der Waals surface area (Å²) in [7, 11) is -0.524. The predicted molar refractivity (Wildman–Crippen MR) is 95.3 cm³/mol. The van der Waals surface area contributed by atoms with Crippen molar-refractivity contribution in [3.05, 3.63) is 48.3 Å². The van der Waals surface area contributed by atoms with Gasteiger partial charge < -0.3 is 18.8 Å². The smallest absolute Gasteiger partial charge is 0.454 e. The van der Waals surface area contributed by atoms with Gasteiger partial charge in [0, 0.05) is 0 Å². The van der Waals surface area contributed by atoms with E-state index in [0.29, 0.717) is 5.75 Å². The van der Waals surface area contributed by atoms with Crippen LogP contribution in [0.4, 0.5) is 13.2 Å². The SMILES string of the molecule is CC1(C)OB(c2ccc(Oc3cccc(OC(F)F)c3F)cc2)OC1(C)C. The molecule has 1 aliphatic heterocycles. The first-order valence-corrected chi connectivity index (χ1v) is 8.46. The van der Waals surface area contributed by atoms with E-state index in [4.69, 9.17) is 14.0 Å². The van der Waals surface area contributed by atoms with Crippen molar-refractivity contribution in [2.24, 2.45) is 0 Å². The lowest BCUT2D eigenvalue weighted by molar-refractivity contribution is -0.0523. The first-order chi connectivity index (χ1) is 12.6. The standard InChI is InChI=1S/C19H20BF3O4/c1-18(2)19(3,4)27-20(26-18)12-8-10-13(11-9-12)24-14-6-5-7-15(16(14)21)25-17(22)23/h5-11,17H,1-4H3. The predicted octanol–water partition coefficient (Wildman–Crippen LogP) is 4.52. The van der Waals surface area contributed by atoms with Gasteiger partial charge in [0.15, 0.2) is 11.5 Å². The van der Waals surface area contributed by atoms with Crippen molar-refractivity contribution in [1.82, 2.24) is 0 Å². The maximum atomic E-state index is 14.2. The molecular formula is C19H20BF3O4. The summed E-state index contributed by atoms with van der Waals surface area (Å²) >= 11 is 0. The fraction of sp³-hybridized carbons (Fsp3) is 0.368. The van der Waals surface area contributed by atoms with Crippen molar-refractivity contribution in [1.29, 1.82) is 0 Å². The molecule has 1 heterocycles. The number of halogens is 3. The normalized spacial score (nSPS) is 18.0. The van der Waals surface area contributed by atoms with E-state index in [0.717, 1.165) is 11.5 Å². The molecular weight excluding hydrogens is 360 g/mol. The van der Waals surface area contributed by atoms with Crippen LogP contribution in [0.25, 0.3) is 0 Å². The molecule has 0 aliphatic carbocycles. The largest absolute Gasteiger partial charge is 0.494 e. The maximum Gasteiger partial charge on any atom is 0.494 e. The average Bonchev–Trinajstić information content (AvgIpc) is 2.79. The van der Waals surface area contributed by atoms with Crippen LogP contribution in [0.2, 0.25) is 0 Å². The number of hydrogen-bond donors (Lipinski definition) is 0. The van der Waals surface area contributed by atoms with Gasteiger partial charge in [-0.1, -0.05) is 18.2 Å². The molecule has 1 fully saturated rings. The van der Waals surface area contributed by atoms with Crippen LogP contribution in [0, 0.1) is 5.82 Å². The van der Waals surface area contributed by atoms with E-state index in [1.807, 2.05) is 27.7 Å². The first kappa shape index (κ1) is 19.6. The van der Waals surface area contributed by atoms with E-state index in [1.165, 1.54) is 12.1 Å². The van der Waals surface area contributed by atoms with E-state index in [9.17, 15) is 13.2 Å². The second kappa shape index (κ2) is 7.09. The van der Waals surface area contributed by atoms with E-state index in [2.05, 4.69) is 4.74 Å².